The van der Waals surface area contributed by atoms with E-state index in [2.05, 4.69) is 46.7 Å². The van der Waals surface area contributed by atoms with Gasteiger partial charge < -0.3 is 4.57 Å². The summed E-state index contributed by atoms with van der Waals surface area (Å²) >= 11 is 1.50. The maximum absolute atomic E-state index is 12.7. The van der Waals surface area contributed by atoms with Gasteiger partial charge >= 0.3 is 0 Å². The summed E-state index contributed by atoms with van der Waals surface area (Å²) in [4.78, 5) is 26.2. The standard InChI is InChI=1S/C20H16N4OS/c1-3-10-24-17-7-4-13(2)11-18(17)26-20(24)23-19(25)14-5-6-15-16(12-14)22-9-8-21-15/h3-9,11-12H,1,10H2,2H3. The number of amides is 1. The fourth-order valence-corrected chi connectivity index (χ4v) is 3.95. The van der Waals surface area contributed by atoms with E-state index in [-0.39, 0.29) is 5.91 Å². The van der Waals surface area contributed by atoms with Crippen LogP contribution in [0.1, 0.15) is 15.9 Å². The molecule has 0 radical (unpaired) electrons. The molecule has 0 aliphatic heterocycles. The predicted octanol–water partition coefficient (Wildman–Crippen LogP) is 3.88. The van der Waals surface area contributed by atoms with Crippen LogP contribution in [-0.2, 0) is 6.54 Å². The van der Waals surface area contributed by atoms with E-state index in [0.717, 1.165) is 15.7 Å². The molecular formula is C20H16N4OS. The Hall–Kier alpha value is -3.12. The first kappa shape index (κ1) is 16.4. The average Bonchev–Trinajstić information content (AvgIpc) is 2.98. The van der Waals surface area contributed by atoms with Crippen LogP contribution in [0.15, 0.2) is 66.4 Å². The number of nitrogens with zero attached hydrogens (tertiary/aromatic N) is 4. The molecule has 0 atom stereocenters. The van der Waals surface area contributed by atoms with Crippen LogP contribution in [0.5, 0.6) is 0 Å². The van der Waals surface area contributed by atoms with Gasteiger partial charge in [-0.25, -0.2) is 0 Å². The number of allylic oxidation sites excluding steroid dienone is 1. The lowest BCUT2D eigenvalue weighted by Gasteiger charge is -2.01. The highest BCUT2D eigenvalue weighted by Gasteiger charge is 2.10. The zero-order chi connectivity index (χ0) is 18.1. The third kappa shape index (κ3) is 2.95. The third-order valence-electron chi connectivity index (χ3n) is 4.06. The minimum atomic E-state index is -0.293. The van der Waals surface area contributed by atoms with E-state index in [1.165, 1.54) is 16.9 Å². The molecule has 4 aromatic rings. The molecule has 0 aliphatic rings. The number of hydrogen-bond donors (Lipinski definition) is 0. The van der Waals surface area contributed by atoms with Gasteiger partial charge in [-0.1, -0.05) is 23.5 Å². The quantitative estimate of drug-likeness (QED) is 0.521. The highest BCUT2D eigenvalue weighted by Crippen LogP contribution is 2.19. The van der Waals surface area contributed by atoms with Crippen molar-refractivity contribution in [2.24, 2.45) is 4.99 Å². The van der Waals surface area contributed by atoms with Gasteiger partial charge in [-0.3, -0.25) is 14.8 Å². The van der Waals surface area contributed by atoms with Crippen LogP contribution in [0.2, 0.25) is 0 Å². The molecule has 0 spiro atoms. The minimum Gasteiger partial charge on any atom is -0.312 e. The number of fused-ring (bicyclic) bond motifs is 2. The second-order valence-corrected chi connectivity index (χ2v) is 6.94. The lowest BCUT2D eigenvalue weighted by molar-refractivity contribution is 0.0998. The fourth-order valence-electron chi connectivity index (χ4n) is 2.82. The molecule has 0 unspecified atom stereocenters. The average molecular weight is 360 g/mol. The van der Waals surface area contributed by atoms with Gasteiger partial charge in [0.15, 0.2) is 4.80 Å². The Bertz CT molecular complexity index is 1220. The summed E-state index contributed by atoms with van der Waals surface area (Å²) in [5.74, 6) is -0.293. The third-order valence-corrected chi connectivity index (χ3v) is 5.10. The predicted molar refractivity (Wildman–Crippen MR) is 104 cm³/mol. The number of carbonyl (C=O) groups is 1. The van der Waals surface area contributed by atoms with Crippen molar-refractivity contribution in [2.45, 2.75) is 13.5 Å². The monoisotopic (exact) mass is 360 g/mol. The van der Waals surface area contributed by atoms with Crippen LogP contribution in [0.25, 0.3) is 21.3 Å². The molecule has 2 aromatic carbocycles. The van der Waals surface area contributed by atoms with E-state index in [0.29, 0.717) is 22.4 Å². The van der Waals surface area contributed by atoms with E-state index in [1.54, 1.807) is 36.7 Å². The Morgan fingerprint density at radius 1 is 1.19 bits per heavy atom. The topological polar surface area (TPSA) is 60.1 Å². The number of hydrogen-bond acceptors (Lipinski definition) is 4. The highest BCUT2D eigenvalue weighted by molar-refractivity contribution is 7.16. The van der Waals surface area contributed by atoms with Gasteiger partial charge in [0.05, 0.1) is 21.3 Å². The van der Waals surface area contributed by atoms with Crippen molar-refractivity contribution in [1.82, 2.24) is 14.5 Å². The van der Waals surface area contributed by atoms with Gasteiger partial charge in [0.25, 0.3) is 5.91 Å². The summed E-state index contributed by atoms with van der Waals surface area (Å²) in [6.45, 7) is 6.46. The summed E-state index contributed by atoms with van der Waals surface area (Å²) in [7, 11) is 0. The van der Waals surface area contributed by atoms with Crippen LogP contribution in [0, 0.1) is 6.92 Å². The van der Waals surface area contributed by atoms with Crippen LogP contribution in [0.3, 0.4) is 0 Å². The molecule has 0 saturated carbocycles. The molecule has 0 aliphatic carbocycles. The maximum atomic E-state index is 12.7. The molecule has 0 bridgehead atoms. The van der Waals surface area contributed by atoms with Crippen molar-refractivity contribution in [2.75, 3.05) is 0 Å². The molecule has 1 amide bonds. The number of benzene rings is 2. The van der Waals surface area contributed by atoms with Crippen molar-refractivity contribution in [3.8, 4) is 0 Å². The Kier molecular flexibility index (Phi) is 4.18. The van der Waals surface area contributed by atoms with Crippen LogP contribution < -0.4 is 4.80 Å². The van der Waals surface area contributed by atoms with Crippen molar-refractivity contribution >= 4 is 38.5 Å². The molecule has 0 saturated heterocycles. The lowest BCUT2D eigenvalue weighted by atomic mass is 10.2. The zero-order valence-electron chi connectivity index (χ0n) is 14.2. The number of carbonyl (C=O) groups excluding carboxylic acids is 1. The number of aromatic nitrogens is 3. The van der Waals surface area contributed by atoms with Gasteiger partial charge in [-0.05, 0) is 42.8 Å². The molecule has 2 heterocycles. The maximum Gasteiger partial charge on any atom is 0.279 e. The number of rotatable bonds is 3. The Balaban J connectivity index is 1.84. The summed E-state index contributed by atoms with van der Waals surface area (Å²) in [6.07, 6.45) is 5.05. The molecule has 0 fully saturated rings. The van der Waals surface area contributed by atoms with E-state index in [9.17, 15) is 4.79 Å². The smallest absolute Gasteiger partial charge is 0.279 e. The first-order valence-electron chi connectivity index (χ1n) is 8.16. The summed E-state index contributed by atoms with van der Waals surface area (Å²) in [6, 6.07) is 11.5. The second kappa shape index (κ2) is 6.65. The molecule has 5 nitrogen and oxygen atoms in total. The normalized spacial score (nSPS) is 12.0. The molecule has 26 heavy (non-hydrogen) atoms. The number of aryl methyl sites for hydroxylation is 1. The largest absolute Gasteiger partial charge is 0.312 e. The molecular weight excluding hydrogens is 344 g/mol. The molecule has 2 aromatic heterocycles. The van der Waals surface area contributed by atoms with Gasteiger partial charge in [-0.15, -0.1) is 6.58 Å². The summed E-state index contributed by atoms with van der Waals surface area (Å²) in [5, 5.41) is 0. The first-order valence-corrected chi connectivity index (χ1v) is 8.98. The zero-order valence-corrected chi connectivity index (χ0v) is 15.0. The van der Waals surface area contributed by atoms with E-state index in [4.69, 9.17) is 0 Å². The SMILES string of the molecule is C=CCn1c(=NC(=O)c2ccc3nccnc3c2)sc2cc(C)ccc21. The van der Waals surface area contributed by atoms with Crippen molar-refractivity contribution in [1.29, 1.82) is 0 Å². The Labute approximate surface area is 154 Å². The first-order chi connectivity index (χ1) is 12.7. The van der Waals surface area contributed by atoms with E-state index in [1.807, 2.05) is 4.57 Å². The Morgan fingerprint density at radius 3 is 2.81 bits per heavy atom. The van der Waals surface area contributed by atoms with Crippen LogP contribution in [0.4, 0.5) is 0 Å². The second-order valence-electron chi connectivity index (χ2n) is 5.93. The number of thiazole rings is 1. The highest BCUT2D eigenvalue weighted by atomic mass is 32.1. The minimum absolute atomic E-state index is 0.293. The molecule has 6 heteroatoms. The lowest BCUT2D eigenvalue weighted by Crippen LogP contribution is -2.16. The summed E-state index contributed by atoms with van der Waals surface area (Å²) < 4.78 is 3.10. The van der Waals surface area contributed by atoms with Gasteiger partial charge in [0, 0.05) is 24.5 Å². The molecule has 0 N–H and O–H groups in total. The Morgan fingerprint density at radius 2 is 2.00 bits per heavy atom. The van der Waals surface area contributed by atoms with Crippen molar-refractivity contribution < 1.29 is 4.79 Å². The van der Waals surface area contributed by atoms with Crippen molar-refractivity contribution in [3.05, 3.63) is 77.4 Å². The molecule has 4 rings (SSSR count). The van der Waals surface area contributed by atoms with Crippen LogP contribution in [-0.4, -0.2) is 20.4 Å². The van der Waals surface area contributed by atoms with Gasteiger partial charge in [0.2, 0.25) is 0 Å². The summed E-state index contributed by atoms with van der Waals surface area (Å²) in [5.41, 5.74) is 4.16. The fraction of sp³-hybridized carbons (Fsp3) is 0.100. The van der Waals surface area contributed by atoms with Gasteiger partial charge in [-0.2, -0.15) is 4.99 Å². The van der Waals surface area contributed by atoms with Crippen LogP contribution >= 0.6 is 11.3 Å². The van der Waals surface area contributed by atoms with Gasteiger partial charge in [0.1, 0.15) is 0 Å². The molecule has 128 valence electrons. The van der Waals surface area contributed by atoms with Crippen molar-refractivity contribution in [3.63, 3.8) is 0 Å². The van der Waals surface area contributed by atoms with E-state index >= 15 is 0 Å². The van der Waals surface area contributed by atoms with E-state index < -0.39 is 0 Å².